The molecule has 2 heterocycles. The fourth-order valence-electron chi connectivity index (χ4n) is 5.09. The summed E-state index contributed by atoms with van der Waals surface area (Å²) in [6.45, 7) is 12.2. The molecule has 0 spiro atoms. The number of benzene rings is 2. The van der Waals surface area contributed by atoms with Gasteiger partial charge in [-0.3, -0.25) is 30.0 Å². The number of nitro benzene ring substituents is 2. The Morgan fingerprint density at radius 1 is 0.679 bits per heavy atom. The Kier molecular flexibility index (Phi) is 15.9. The van der Waals surface area contributed by atoms with Crippen molar-refractivity contribution >= 4 is 41.2 Å². The van der Waals surface area contributed by atoms with E-state index in [9.17, 15) is 43.8 Å². The van der Waals surface area contributed by atoms with Crippen LogP contribution in [0.2, 0.25) is 0 Å². The number of carbonyl (C=O) groups excluding carboxylic acids is 4. The van der Waals surface area contributed by atoms with Gasteiger partial charge in [-0.2, -0.15) is 0 Å². The number of likely N-dealkylation sites (tertiary alicyclic amines) is 1. The molecule has 2 fully saturated rings. The Morgan fingerprint density at radius 3 is 1.55 bits per heavy atom. The van der Waals surface area contributed by atoms with Gasteiger partial charge < -0.3 is 23.8 Å². The van der Waals surface area contributed by atoms with E-state index in [1.165, 1.54) is 36.2 Å². The number of anilines is 1. The van der Waals surface area contributed by atoms with Crippen LogP contribution in [0.1, 0.15) is 60.8 Å². The minimum absolute atomic E-state index is 0.00865. The summed E-state index contributed by atoms with van der Waals surface area (Å²) in [5.41, 5.74) is -0.594. The highest BCUT2D eigenvalue weighted by Crippen LogP contribution is 2.25. The average molecular weight is 750 g/mol. The van der Waals surface area contributed by atoms with Gasteiger partial charge in [-0.05, 0) is 85.1 Å². The highest BCUT2D eigenvalue weighted by molar-refractivity contribution is 5.83. The maximum Gasteiger partial charge on any atom is 0.411 e. The summed E-state index contributed by atoms with van der Waals surface area (Å²) in [6.07, 6.45) is 1.46. The van der Waals surface area contributed by atoms with Crippen LogP contribution in [-0.2, 0) is 28.5 Å². The molecule has 0 bridgehead atoms. The summed E-state index contributed by atoms with van der Waals surface area (Å²) in [4.78, 5) is 72.5. The number of ether oxygens (including phenoxy) is 4. The number of methoxy groups -OCH3 is 2. The third-order valence-electron chi connectivity index (χ3n) is 7.55. The number of non-ortho nitro benzene ring substituents is 2. The Balaban J connectivity index is 0.000000307. The summed E-state index contributed by atoms with van der Waals surface area (Å²) in [6, 6.07) is 9.08. The zero-order chi connectivity index (χ0) is 40.1. The third kappa shape index (κ3) is 14.2. The van der Waals surface area contributed by atoms with Crippen LogP contribution < -0.4 is 4.90 Å². The molecule has 2 aromatic rings. The van der Waals surface area contributed by atoms with Gasteiger partial charge >= 0.3 is 24.1 Å². The van der Waals surface area contributed by atoms with Crippen molar-refractivity contribution < 1.29 is 52.4 Å². The number of nitrogens with zero attached hydrogens (tertiary/aromatic N) is 5. The van der Waals surface area contributed by atoms with E-state index in [-0.39, 0.29) is 30.4 Å². The molecular formula is C35H48FN5O12. The molecule has 2 aliphatic rings. The Bertz CT molecular complexity index is 1580. The molecule has 292 valence electrons. The molecule has 0 aliphatic carbocycles. The topological polar surface area (TPSA) is 201 Å². The summed E-state index contributed by atoms with van der Waals surface area (Å²) < 4.78 is 32.3. The molecule has 17 nitrogen and oxygen atoms in total. The lowest BCUT2D eigenvalue weighted by Gasteiger charge is -2.41. The lowest BCUT2D eigenvalue weighted by atomic mass is 10.0. The predicted octanol–water partition coefficient (Wildman–Crippen LogP) is 5.88. The van der Waals surface area contributed by atoms with E-state index >= 15 is 0 Å². The number of hydrogen-bond acceptors (Lipinski definition) is 13. The van der Waals surface area contributed by atoms with Crippen molar-refractivity contribution in [2.75, 3.05) is 45.3 Å². The van der Waals surface area contributed by atoms with Gasteiger partial charge in [0.15, 0.2) is 6.04 Å². The second kappa shape index (κ2) is 19.3. The SMILES string of the molecule is COC(=O)C1CCCCN1C(=O)OC(C)(C)C.COC(=O)C1CN(c2ccc([N+](=O)[O-])cc2)CCN1C(=O)OC(C)(C)C.O=[N+]([O-])c1ccc(F)cc1. The first-order valence-corrected chi connectivity index (χ1v) is 16.7. The molecule has 0 radical (unpaired) electrons. The molecule has 2 saturated heterocycles. The van der Waals surface area contributed by atoms with Gasteiger partial charge in [0.25, 0.3) is 11.4 Å². The van der Waals surface area contributed by atoms with Crippen molar-refractivity contribution in [2.24, 2.45) is 0 Å². The minimum Gasteiger partial charge on any atom is -0.467 e. The molecule has 53 heavy (non-hydrogen) atoms. The number of piperazine rings is 1. The van der Waals surface area contributed by atoms with Crippen LogP contribution in [0.5, 0.6) is 0 Å². The standard InChI is InChI=1S/C17H23N3O6.C12H21NO4.C6H4FNO2/c1-17(2,3)26-16(22)19-10-9-18(11-14(19)15(21)25-4)12-5-7-13(8-6-12)20(23)24;1-12(2,3)17-11(15)13-8-6-5-7-9(13)10(14)16-4;7-5-1-3-6(4-2-5)8(9)10/h5-8,14H,9-11H2,1-4H3;9H,5-8H2,1-4H3;1-4H. The molecule has 2 aliphatic heterocycles. The van der Waals surface area contributed by atoms with Crippen molar-refractivity contribution in [3.63, 3.8) is 0 Å². The molecule has 4 rings (SSSR count). The van der Waals surface area contributed by atoms with Gasteiger partial charge in [-0.1, -0.05) is 0 Å². The fourth-order valence-corrected chi connectivity index (χ4v) is 5.09. The number of halogens is 1. The molecule has 18 heteroatoms. The number of nitro groups is 2. The van der Waals surface area contributed by atoms with E-state index in [4.69, 9.17) is 18.9 Å². The Hall–Kier alpha value is -5.55. The van der Waals surface area contributed by atoms with Crippen molar-refractivity contribution in [3.8, 4) is 0 Å². The van der Waals surface area contributed by atoms with Crippen molar-refractivity contribution in [1.82, 2.24) is 9.80 Å². The van der Waals surface area contributed by atoms with Gasteiger partial charge in [0, 0.05) is 56.1 Å². The van der Waals surface area contributed by atoms with Crippen LogP contribution in [0, 0.1) is 26.0 Å². The highest BCUT2D eigenvalue weighted by Gasteiger charge is 2.39. The molecule has 0 N–H and O–H groups in total. The smallest absolute Gasteiger partial charge is 0.411 e. The quantitative estimate of drug-likeness (QED) is 0.152. The first kappa shape index (κ1) is 43.6. The maximum atomic E-state index is 12.4. The van der Waals surface area contributed by atoms with Crippen LogP contribution in [0.15, 0.2) is 48.5 Å². The van der Waals surface area contributed by atoms with E-state index in [2.05, 4.69) is 0 Å². The lowest BCUT2D eigenvalue weighted by molar-refractivity contribution is -0.385. The van der Waals surface area contributed by atoms with E-state index in [1.54, 1.807) is 32.9 Å². The zero-order valence-corrected chi connectivity index (χ0v) is 31.2. The zero-order valence-electron chi connectivity index (χ0n) is 31.2. The molecule has 2 amide bonds. The molecule has 2 unspecified atom stereocenters. The first-order valence-electron chi connectivity index (χ1n) is 16.7. The Labute approximate surface area is 307 Å². The summed E-state index contributed by atoms with van der Waals surface area (Å²) in [7, 11) is 2.60. The second-order valence-electron chi connectivity index (χ2n) is 13.9. The summed E-state index contributed by atoms with van der Waals surface area (Å²) >= 11 is 0. The van der Waals surface area contributed by atoms with Crippen LogP contribution in [0.3, 0.4) is 0 Å². The van der Waals surface area contributed by atoms with Crippen molar-refractivity contribution in [1.29, 1.82) is 0 Å². The number of rotatable bonds is 5. The van der Waals surface area contributed by atoms with E-state index in [0.29, 0.717) is 19.5 Å². The third-order valence-corrected chi connectivity index (χ3v) is 7.55. The fraction of sp³-hybridized carbons (Fsp3) is 0.543. The van der Waals surface area contributed by atoms with Crippen molar-refractivity contribution in [3.05, 3.63) is 74.6 Å². The van der Waals surface area contributed by atoms with Crippen LogP contribution >= 0.6 is 0 Å². The van der Waals surface area contributed by atoms with Gasteiger partial charge in [0.05, 0.1) is 24.1 Å². The second-order valence-corrected chi connectivity index (χ2v) is 13.9. The first-order chi connectivity index (χ1) is 24.7. The largest absolute Gasteiger partial charge is 0.467 e. The van der Waals surface area contributed by atoms with Crippen molar-refractivity contribution in [2.45, 2.75) is 84.1 Å². The normalized spacial score (nSPS) is 17.1. The molecule has 2 aromatic carbocycles. The van der Waals surface area contributed by atoms with Gasteiger partial charge in [0.1, 0.15) is 23.1 Å². The van der Waals surface area contributed by atoms with E-state index < -0.39 is 57.1 Å². The molecule has 0 aromatic heterocycles. The lowest BCUT2D eigenvalue weighted by Crippen LogP contribution is -2.59. The molecule has 2 atom stereocenters. The number of hydrogen-bond donors (Lipinski definition) is 0. The number of carbonyl (C=O) groups is 4. The van der Waals surface area contributed by atoms with E-state index in [0.717, 1.165) is 42.8 Å². The van der Waals surface area contributed by atoms with E-state index in [1.807, 2.05) is 25.7 Å². The van der Waals surface area contributed by atoms with Crippen LogP contribution in [0.25, 0.3) is 0 Å². The van der Waals surface area contributed by atoms with Gasteiger partial charge in [0.2, 0.25) is 0 Å². The van der Waals surface area contributed by atoms with Crippen LogP contribution in [-0.4, -0.2) is 107 Å². The van der Waals surface area contributed by atoms with Crippen LogP contribution in [0.4, 0.5) is 31.0 Å². The summed E-state index contributed by atoms with van der Waals surface area (Å²) in [5, 5.41) is 20.8. The highest BCUT2D eigenvalue weighted by atomic mass is 19.1. The molecule has 0 saturated carbocycles. The number of piperidine rings is 1. The minimum atomic E-state index is -0.821. The van der Waals surface area contributed by atoms with Gasteiger partial charge in [-0.15, -0.1) is 0 Å². The molecular weight excluding hydrogens is 701 g/mol. The average Bonchev–Trinajstić information content (AvgIpc) is 3.10. The maximum absolute atomic E-state index is 12.4. The monoisotopic (exact) mass is 749 g/mol. The Morgan fingerprint density at radius 2 is 1.11 bits per heavy atom. The number of esters is 2. The summed E-state index contributed by atoms with van der Waals surface area (Å²) in [5.74, 6) is -1.37. The number of amides is 2. The predicted molar refractivity (Wildman–Crippen MR) is 190 cm³/mol. The van der Waals surface area contributed by atoms with Gasteiger partial charge in [-0.25, -0.2) is 23.6 Å².